The Labute approximate surface area is 171 Å². The predicted molar refractivity (Wildman–Crippen MR) is 116 cm³/mol. The fourth-order valence-electron chi connectivity index (χ4n) is 3.70. The largest absolute Gasteiger partial charge is 0.506 e. The number of ether oxygens (including phenoxy) is 1. The molecule has 7 heteroatoms. The van der Waals surface area contributed by atoms with E-state index in [1.165, 1.54) is 10.9 Å². The van der Waals surface area contributed by atoms with Crippen molar-refractivity contribution in [2.75, 3.05) is 37.3 Å². The molecular weight excluding hydrogens is 374 g/mol. The van der Waals surface area contributed by atoms with E-state index in [1.807, 2.05) is 26.8 Å². The minimum atomic E-state index is -0.494. The van der Waals surface area contributed by atoms with Crippen LogP contribution < -0.4 is 4.90 Å². The standard InChI is InChI=1S/C21H31N3O3S/c1-6-7-15-14-8-9-16(25)18(17(14)22-19(15)28-5)23-10-12-24(13-11-23)20(26)27-21(2,3)4/h8-9,22,25H,6-7,10-13H2,1-5H3. The van der Waals surface area contributed by atoms with Gasteiger partial charge in [-0.1, -0.05) is 13.3 Å². The lowest BCUT2D eigenvalue weighted by molar-refractivity contribution is 0.0240. The number of phenols is 1. The van der Waals surface area contributed by atoms with Crippen LogP contribution in [-0.4, -0.2) is 59.1 Å². The molecule has 0 bridgehead atoms. The van der Waals surface area contributed by atoms with Gasteiger partial charge in [0, 0.05) is 31.6 Å². The molecule has 1 fully saturated rings. The van der Waals surface area contributed by atoms with E-state index in [2.05, 4.69) is 23.1 Å². The van der Waals surface area contributed by atoms with Crippen LogP contribution in [0.25, 0.3) is 10.9 Å². The molecule has 0 saturated carbocycles. The van der Waals surface area contributed by atoms with E-state index in [4.69, 9.17) is 4.74 Å². The minimum absolute atomic E-state index is 0.273. The summed E-state index contributed by atoms with van der Waals surface area (Å²) in [4.78, 5) is 19.7. The Morgan fingerprint density at radius 3 is 2.50 bits per heavy atom. The number of carbonyl (C=O) groups excluding carboxylic acids is 1. The number of aromatic nitrogens is 1. The lowest BCUT2D eigenvalue weighted by Crippen LogP contribution is -2.50. The minimum Gasteiger partial charge on any atom is -0.506 e. The average Bonchev–Trinajstić information content (AvgIpc) is 2.98. The molecule has 2 heterocycles. The second kappa shape index (κ2) is 8.15. The van der Waals surface area contributed by atoms with Crippen LogP contribution >= 0.6 is 11.8 Å². The quantitative estimate of drug-likeness (QED) is 0.727. The van der Waals surface area contributed by atoms with Crippen LogP contribution in [0.4, 0.5) is 10.5 Å². The fourth-order valence-corrected chi connectivity index (χ4v) is 4.36. The molecule has 28 heavy (non-hydrogen) atoms. The van der Waals surface area contributed by atoms with Crippen molar-refractivity contribution in [3.63, 3.8) is 0 Å². The van der Waals surface area contributed by atoms with E-state index in [-0.39, 0.29) is 11.8 Å². The van der Waals surface area contributed by atoms with E-state index in [1.54, 1.807) is 22.7 Å². The van der Waals surface area contributed by atoms with Crippen molar-refractivity contribution in [1.29, 1.82) is 0 Å². The fraction of sp³-hybridized carbons (Fsp3) is 0.571. The number of anilines is 1. The third kappa shape index (κ3) is 4.19. The number of benzene rings is 1. The number of aryl methyl sites for hydroxylation is 1. The molecular formula is C21H31N3O3S. The van der Waals surface area contributed by atoms with Gasteiger partial charge in [-0.3, -0.25) is 0 Å². The Balaban J connectivity index is 1.85. The number of phenolic OH excluding ortho intramolecular Hbond substituents is 1. The first kappa shape index (κ1) is 20.7. The maximum Gasteiger partial charge on any atom is 0.410 e. The molecule has 3 rings (SSSR count). The van der Waals surface area contributed by atoms with Crippen molar-refractivity contribution in [1.82, 2.24) is 9.88 Å². The van der Waals surface area contributed by atoms with E-state index >= 15 is 0 Å². The Hall–Kier alpha value is -2.02. The monoisotopic (exact) mass is 405 g/mol. The van der Waals surface area contributed by atoms with Crippen LogP contribution in [0.5, 0.6) is 5.75 Å². The van der Waals surface area contributed by atoms with Crippen molar-refractivity contribution in [3.05, 3.63) is 17.7 Å². The molecule has 154 valence electrons. The summed E-state index contributed by atoms with van der Waals surface area (Å²) >= 11 is 1.71. The number of amides is 1. The number of aromatic amines is 1. The van der Waals surface area contributed by atoms with Crippen molar-refractivity contribution in [3.8, 4) is 5.75 Å². The number of nitrogens with zero attached hydrogens (tertiary/aromatic N) is 2. The predicted octanol–water partition coefficient (Wildman–Crippen LogP) is 4.61. The molecule has 1 aliphatic rings. The Kier molecular flexibility index (Phi) is 6.03. The Bertz CT molecular complexity index is 849. The number of carbonyl (C=O) groups is 1. The number of aromatic hydroxyl groups is 1. The number of thioether (sulfide) groups is 1. The van der Waals surface area contributed by atoms with Crippen molar-refractivity contribution in [2.45, 2.75) is 51.2 Å². The van der Waals surface area contributed by atoms with Crippen molar-refractivity contribution in [2.24, 2.45) is 0 Å². The number of rotatable bonds is 4. The van der Waals surface area contributed by atoms with E-state index in [9.17, 15) is 9.90 Å². The first-order chi connectivity index (χ1) is 13.2. The van der Waals surface area contributed by atoms with Crippen LogP contribution in [0.1, 0.15) is 39.7 Å². The van der Waals surface area contributed by atoms with Crippen molar-refractivity contribution >= 4 is 34.4 Å². The zero-order chi connectivity index (χ0) is 20.5. The van der Waals surface area contributed by atoms with E-state index in [0.29, 0.717) is 26.2 Å². The third-order valence-corrected chi connectivity index (χ3v) is 5.70. The van der Waals surface area contributed by atoms with Gasteiger partial charge in [0.2, 0.25) is 0 Å². The molecule has 1 aromatic carbocycles. The molecule has 6 nitrogen and oxygen atoms in total. The Morgan fingerprint density at radius 1 is 1.25 bits per heavy atom. The highest BCUT2D eigenvalue weighted by Crippen LogP contribution is 2.40. The first-order valence-corrected chi connectivity index (χ1v) is 11.1. The third-order valence-electron chi connectivity index (χ3n) is 4.95. The molecule has 2 aromatic rings. The molecule has 2 N–H and O–H groups in total. The zero-order valence-electron chi connectivity index (χ0n) is 17.5. The molecule has 0 unspecified atom stereocenters. The normalized spacial score (nSPS) is 15.3. The van der Waals surface area contributed by atoms with Gasteiger partial charge >= 0.3 is 6.09 Å². The number of fused-ring (bicyclic) bond motifs is 1. The Morgan fingerprint density at radius 2 is 1.93 bits per heavy atom. The number of hydrogen-bond acceptors (Lipinski definition) is 5. The number of nitrogens with one attached hydrogen (secondary N) is 1. The van der Waals surface area contributed by atoms with Gasteiger partial charge in [0.15, 0.2) is 0 Å². The van der Waals surface area contributed by atoms with Crippen molar-refractivity contribution < 1.29 is 14.6 Å². The number of hydrogen-bond donors (Lipinski definition) is 2. The molecule has 0 aliphatic carbocycles. The first-order valence-electron chi connectivity index (χ1n) is 9.88. The molecule has 1 saturated heterocycles. The van der Waals surface area contributed by atoms with Gasteiger partial charge in [0.05, 0.1) is 10.5 Å². The topological polar surface area (TPSA) is 68.8 Å². The van der Waals surface area contributed by atoms with Crippen LogP contribution in [-0.2, 0) is 11.2 Å². The summed E-state index contributed by atoms with van der Waals surface area (Å²) < 4.78 is 5.48. The molecule has 1 aromatic heterocycles. The highest BCUT2D eigenvalue weighted by atomic mass is 32.2. The van der Waals surface area contributed by atoms with Gasteiger partial charge in [-0.25, -0.2) is 4.79 Å². The molecule has 0 spiro atoms. The summed E-state index contributed by atoms with van der Waals surface area (Å²) in [6.07, 6.45) is 3.88. The summed E-state index contributed by atoms with van der Waals surface area (Å²) in [6, 6.07) is 3.79. The highest BCUT2D eigenvalue weighted by Gasteiger charge is 2.28. The number of piperazine rings is 1. The van der Waals surface area contributed by atoms with Gasteiger partial charge in [0.25, 0.3) is 0 Å². The van der Waals surface area contributed by atoms with Crippen LogP contribution in [0, 0.1) is 0 Å². The SMILES string of the molecule is CCCc1c(SC)[nH]c2c(N3CCN(C(=O)OC(C)(C)C)CC3)c(O)ccc12. The summed E-state index contributed by atoms with van der Waals surface area (Å²) in [6.45, 7) is 10.3. The van der Waals surface area contributed by atoms with Gasteiger partial charge in [-0.15, -0.1) is 11.8 Å². The molecule has 1 aliphatic heterocycles. The molecule has 0 atom stereocenters. The smallest absolute Gasteiger partial charge is 0.410 e. The van der Waals surface area contributed by atoms with Crippen LogP contribution in [0.15, 0.2) is 17.2 Å². The maximum atomic E-state index is 12.3. The second-order valence-electron chi connectivity index (χ2n) is 8.20. The van der Waals surface area contributed by atoms with Gasteiger partial charge in [0.1, 0.15) is 17.0 Å². The lowest BCUT2D eigenvalue weighted by Gasteiger charge is -2.37. The lowest BCUT2D eigenvalue weighted by atomic mass is 10.1. The van der Waals surface area contributed by atoms with Crippen LogP contribution in [0.3, 0.4) is 0 Å². The van der Waals surface area contributed by atoms with Gasteiger partial charge in [-0.2, -0.15) is 0 Å². The highest BCUT2D eigenvalue weighted by molar-refractivity contribution is 7.98. The van der Waals surface area contributed by atoms with E-state index < -0.39 is 5.60 Å². The number of H-pyrrole nitrogens is 1. The van der Waals surface area contributed by atoms with Gasteiger partial charge < -0.3 is 24.6 Å². The summed E-state index contributed by atoms with van der Waals surface area (Å²) in [5.41, 5.74) is 2.64. The zero-order valence-corrected chi connectivity index (χ0v) is 18.3. The van der Waals surface area contributed by atoms with E-state index in [0.717, 1.165) is 29.1 Å². The van der Waals surface area contributed by atoms with Gasteiger partial charge in [-0.05, 0) is 51.1 Å². The molecule has 1 amide bonds. The maximum absolute atomic E-state index is 12.3. The molecule has 0 radical (unpaired) electrons. The van der Waals surface area contributed by atoms with Crippen LogP contribution in [0.2, 0.25) is 0 Å². The summed E-state index contributed by atoms with van der Waals surface area (Å²) in [7, 11) is 0. The average molecular weight is 406 g/mol. The second-order valence-corrected chi connectivity index (χ2v) is 9.01. The summed E-state index contributed by atoms with van der Waals surface area (Å²) in [5.74, 6) is 0.273. The summed E-state index contributed by atoms with van der Waals surface area (Å²) in [5, 5.41) is 13.0.